The van der Waals surface area contributed by atoms with Crippen molar-refractivity contribution in [2.75, 3.05) is 6.54 Å². The van der Waals surface area contributed by atoms with Crippen molar-refractivity contribution in [1.82, 2.24) is 5.32 Å². The van der Waals surface area contributed by atoms with Crippen molar-refractivity contribution < 1.29 is 8.78 Å². The van der Waals surface area contributed by atoms with Crippen LogP contribution in [0.1, 0.15) is 32.4 Å². The van der Waals surface area contributed by atoms with Gasteiger partial charge in [-0.05, 0) is 25.5 Å². The molecule has 0 heterocycles. The molecule has 1 atom stereocenters. The lowest BCUT2D eigenvalue weighted by Gasteiger charge is -2.16. The maximum Gasteiger partial charge on any atom is 0.130 e. The Kier molecular flexibility index (Phi) is 4.21. The molecule has 0 aliphatic rings. The highest BCUT2D eigenvalue weighted by Gasteiger charge is 2.11. The Hall–Kier alpha value is -0.960. The summed E-state index contributed by atoms with van der Waals surface area (Å²) in [4.78, 5) is 0. The number of hydrogen-bond donors (Lipinski definition) is 1. The number of halogens is 2. The smallest absolute Gasteiger partial charge is 0.130 e. The van der Waals surface area contributed by atoms with Crippen molar-refractivity contribution in [2.45, 2.75) is 26.8 Å². The van der Waals surface area contributed by atoms with Crippen LogP contribution < -0.4 is 5.32 Å². The van der Waals surface area contributed by atoms with Crippen molar-refractivity contribution >= 4 is 0 Å². The number of nitrogens with one attached hydrogen (secondary N) is 1. The van der Waals surface area contributed by atoms with Gasteiger partial charge in [-0.3, -0.25) is 0 Å². The molecule has 0 aliphatic carbocycles. The Balaban J connectivity index is 2.69. The fourth-order valence-electron chi connectivity index (χ4n) is 1.38. The fourth-order valence-corrected chi connectivity index (χ4v) is 1.38. The molecule has 1 aromatic rings. The minimum Gasteiger partial charge on any atom is -0.310 e. The van der Waals surface area contributed by atoms with E-state index >= 15 is 0 Å². The molecule has 0 spiro atoms. The minimum absolute atomic E-state index is 0.0898. The monoisotopic (exact) mass is 213 g/mol. The zero-order valence-corrected chi connectivity index (χ0v) is 9.35. The van der Waals surface area contributed by atoms with E-state index in [0.29, 0.717) is 11.5 Å². The third-order valence-electron chi connectivity index (χ3n) is 2.26. The van der Waals surface area contributed by atoms with Gasteiger partial charge in [-0.25, -0.2) is 8.78 Å². The second-order valence-electron chi connectivity index (χ2n) is 4.19. The second kappa shape index (κ2) is 5.21. The van der Waals surface area contributed by atoms with Crippen molar-refractivity contribution in [2.24, 2.45) is 5.92 Å². The van der Waals surface area contributed by atoms with Crippen molar-refractivity contribution in [3.63, 3.8) is 0 Å². The molecule has 0 amide bonds. The maximum atomic E-state index is 13.3. The van der Waals surface area contributed by atoms with E-state index in [9.17, 15) is 8.78 Å². The molecule has 0 fully saturated rings. The molecular formula is C12H17F2N. The van der Waals surface area contributed by atoms with Gasteiger partial charge in [0, 0.05) is 17.7 Å². The lowest BCUT2D eigenvalue weighted by Crippen LogP contribution is -2.24. The average Bonchev–Trinajstić information content (AvgIpc) is 2.14. The Morgan fingerprint density at radius 2 is 1.87 bits per heavy atom. The Bertz CT molecular complexity index is 323. The van der Waals surface area contributed by atoms with E-state index in [0.717, 1.165) is 12.6 Å². The molecule has 84 valence electrons. The zero-order valence-electron chi connectivity index (χ0n) is 9.35. The van der Waals surface area contributed by atoms with E-state index in [-0.39, 0.29) is 6.04 Å². The number of benzene rings is 1. The summed E-state index contributed by atoms with van der Waals surface area (Å²) in [6, 6.07) is 3.60. The van der Waals surface area contributed by atoms with E-state index < -0.39 is 11.6 Å². The van der Waals surface area contributed by atoms with Crippen LogP contribution in [0.15, 0.2) is 18.2 Å². The molecule has 0 aliphatic heterocycles. The maximum absolute atomic E-state index is 13.3. The topological polar surface area (TPSA) is 12.0 Å². The molecule has 1 rings (SSSR count). The zero-order chi connectivity index (χ0) is 11.4. The summed E-state index contributed by atoms with van der Waals surface area (Å²) in [7, 11) is 0. The standard InChI is InChI=1S/C12H17F2N/c1-8(2)7-15-9(3)11-5-4-10(13)6-12(11)14/h4-6,8-9,15H,7H2,1-3H3/t9-/m0/s1. The van der Waals surface area contributed by atoms with E-state index in [2.05, 4.69) is 19.2 Å². The minimum atomic E-state index is -0.535. The molecule has 1 N–H and O–H groups in total. The van der Waals surface area contributed by atoms with Gasteiger partial charge in [0.1, 0.15) is 11.6 Å². The largest absolute Gasteiger partial charge is 0.310 e. The molecular weight excluding hydrogens is 196 g/mol. The van der Waals surface area contributed by atoms with Gasteiger partial charge in [-0.2, -0.15) is 0 Å². The van der Waals surface area contributed by atoms with Crippen LogP contribution in [-0.4, -0.2) is 6.54 Å². The van der Waals surface area contributed by atoms with E-state index in [4.69, 9.17) is 0 Å². The highest BCUT2D eigenvalue weighted by atomic mass is 19.1. The van der Waals surface area contributed by atoms with Crippen molar-refractivity contribution in [1.29, 1.82) is 0 Å². The van der Waals surface area contributed by atoms with Crippen LogP contribution in [0.25, 0.3) is 0 Å². The fraction of sp³-hybridized carbons (Fsp3) is 0.500. The predicted molar refractivity (Wildman–Crippen MR) is 57.6 cm³/mol. The average molecular weight is 213 g/mol. The summed E-state index contributed by atoms with van der Waals surface area (Å²) < 4.78 is 26.0. The van der Waals surface area contributed by atoms with Crippen LogP contribution in [0.3, 0.4) is 0 Å². The van der Waals surface area contributed by atoms with Gasteiger partial charge in [0.25, 0.3) is 0 Å². The van der Waals surface area contributed by atoms with Crippen LogP contribution in [0.4, 0.5) is 8.78 Å². The molecule has 0 unspecified atom stereocenters. The van der Waals surface area contributed by atoms with Crippen molar-refractivity contribution in [3.05, 3.63) is 35.4 Å². The second-order valence-corrected chi connectivity index (χ2v) is 4.19. The lowest BCUT2D eigenvalue weighted by molar-refractivity contribution is 0.475. The van der Waals surface area contributed by atoms with E-state index in [1.165, 1.54) is 12.1 Å². The number of hydrogen-bond acceptors (Lipinski definition) is 1. The summed E-state index contributed by atoms with van der Waals surface area (Å²) in [6.45, 7) is 6.86. The molecule has 0 radical (unpaired) electrons. The lowest BCUT2D eigenvalue weighted by atomic mass is 10.1. The van der Waals surface area contributed by atoms with Gasteiger partial charge in [0.15, 0.2) is 0 Å². The van der Waals surface area contributed by atoms with Gasteiger partial charge in [-0.15, -0.1) is 0 Å². The van der Waals surface area contributed by atoms with Crippen LogP contribution in [0.5, 0.6) is 0 Å². The molecule has 1 nitrogen and oxygen atoms in total. The molecule has 0 aromatic heterocycles. The van der Waals surface area contributed by atoms with Gasteiger partial charge >= 0.3 is 0 Å². The molecule has 3 heteroatoms. The van der Waals surface area contributed by atoms with Gasteiger partial charge in [-0.1, -0.05) is 19.9 Å². The molecule has 0 bridgehead atoms. The SMILES string of the molecule is CC(C)CN[C@@H](C)c1ccc(F)cc1F. The highest BCUT2D eigenvalue weighted by molar-refractivity contribution is 5.21. The first-order chi connectivity index (χ1) is 7.00. The van der Waals surface area contributed by atoms with E-state index in [1.54, 1.807) is 0 Å². The van der Waals surface area contributed by atoms with Gasteiger partial charge < -0.3 is 5.32 Å². The highest BCUT2D eigenvalue weighted by Crippen LogP contribution is 2.17. The predicted octanol–water partition coefficient (Wildman–Crippen LogP) is 3.27. The molecule has 0 saturated heterocycles. The Morgan fingerprint density at radius 3 is 2.40 bits per heavy atom. The van der Waals surface area contributed by atoms with Gasteiger partial charge in [0.05, 0.1) is 0 Å². The van der Waals surface area contributed by atoms with Gasteiger partial charge in [0.2, 0.25) is 0 Å². The first kappa shape index (κ1) is 12.1. The first-order valence-corrected chi connectivity index (χ1v) is 5.19. The van der Waals surface area contributed by atoms with Crippen molar-refractivity contribution in [3.8, 4) is 0 Å². The summed E-state index contributed by atoms with van der Waals surface area (Å²) in [5.41, 5.74) is 0.511. The summed E-state index contributed by atoms with van der Waals surface area (Å²) in [5, 5.41) is 3.20. The Morgan fingerprint density at radius 1 is 1.20 bits per heavy atom. The molecule has 15 heavy (non-hydrogen) atoms. The molecule has 0 saturated carbocycles. The summed E-state index contributed by atoms with van der Waals surface area (Å²) in [5.74, 6) is -0.512. The van der Waals surface area contributed by atoms with Crippen LogP contribution in [0, 0.1) is 17.6 Å². The van der Waals surface area contributed by atoms with Crippen LogP contribution >= 0.6 is 0 Å². The summed E-state index contributed by atoms with van der Waals surface area (Å²) >= 11 is 0. The normalized spacial score (nSPS) is 13.2. The summed E-state index contributed by atoms with van der Waals surface area (Å²) in [6.07, 6.45) is 0. The Labute approximate surface area is 89.5 Å². The third-order valence-corrected chi connectivity index (χ3v) is 2.26. The van der Waals surface area contributed by atoms with Crippen LogP contribution in [0.2, 0.25) is 0 Å². The van der Waals surface area contributed by atoms with Crippen LogP contribution in [-0.2, 0) is 0 Å². The third kappa shape index (κ3) is 3.59. The number of rotatable bonds is 4. The quantitative estimate of drug-likeness (QED) is 0.809. The molecule has 1 aromatic carbocycles. The van der Waals surface area contributed by atoms with E-state index in [1.807, 2.05) is 6.92 Å². The first-order valence-electron chi connectivity index (χ1n) is 5.19.